The molecule has 0 radical (unpaired) electrons. The van der Waals surface area contributed by atoms with E-state index in [0.717, 1.165) is 0 Å². The van der Waals surface area contributed by atoms with Gasteiger partial charge in [-0.15, -0.1) is 0 Å². The molecule has 0 aliphatic rings. The lowest BCUT2D eigenvalue weighted by molar-refractivity contribution is 1.16. The number of nitrogens with zero attached hydrogens (tertiary/aromatic N) is 2. The van der Waals surface area contributed by atoms with E-state index in [0.29, 0.717) is 0 Å². The Hall–Kier alpha value is -5.08. The Morgan fingerprint density at radius 2 is 0.786 bits per heavy atom. The average molecular weight is 543 g/mol. The van der Waals surface area contributed by atoms with Crippen LogP contribution < -0.4 is 0 Å². The largest absolute Gasteiger partial charge is 0.309 e. The standard InChI is InChI=1S/C38H28N2.C2H6/c1-25-11-3-4-12-29(25)33-23-27(20-19-26(33)2)40-37-18-10-7-15-32(37)34-24-28(21-22-38(34)40)39-35-16-8-5-13-30(35)31-14-6-9-17-36(31)39;1-2/h3-24H,1-2H3;1-2H3. The molecule has 0 saturated carbocycles. The quantitative estimate of drug-likeness (QED) is 0.210. The van der Waals surface area contributed by atoms with E-state index in [4.69, 9.17) is 0 Å². The van der Waals surface area contributed by atoms with E-state index in [-0.39, 0.29) is 0 Å². The van der Waals surface area contributed by atoms with Crippen molar-refractivity contribution in [2.45, 2.75) is 27.7 Å². The smallest absolute Gasteiger partial charge is 0.0542 e. The molecular formula is C40H34N2. The summed E-state index contributed by atoms with van der Waals surface area (Å²) < 4.78 is 4.82. The summed E-state index contributed by atoms with van der Waals surface area (Å²) in [5.74, 6) is 0. The van der Waals surface area contributed by atoms with Crippen molar-refractivity contribution < 1.29 is 0 Å². The molecule has 0 fully saturated rings. The lowest BCUT2D eigenvalue weighted by atomic mass is 9.96. The second-order valence-electron chi connectivity index (χ2n) is 10.7. The van der Waals surface area contributed by atoms with Crippen molar-refractivity contribution in [3.8, 4) is 22.5 Å². The van der Waals surface area contributed by atoms with Gasteiger partial charge in [-0.2, -0.15) is 0 Å². The summed E-state index contributed by atoms with van der Waals surface area (Å²) in [6.07, 6.45) is 0. The van der Waals surface area contributed by atoms with Crippen LogP contribution in [0.15, 0.2) is 133 Å². The molecule has 0 spiro atoms. The molecule has 2 heteroatoms. The van der Waals surface area contributed by atoms with E-state index < -0.39 is 0 Å². The van der Waals surface area contributed by atoms with Gasteiger partial charge in [0.25, 0.3) is 0 Å². The zero-order chi connectivity index (χ0) is 28.8. The van der Waals surface area contributed by atoms with Crippen molar-refractivity contribution in [3.63, 3.8) is 0 Å². The fourth-order valence-corrected chi connectivity index (χ4v) is 6.49. The molecule has 8 rings (SSSR count). The van der Waals surface area contributed by atoms with Crippen LogP contribution in [0.1, 0.15) is 25.0 Å². The third-order valence-corrected chi connectivity index (χ3v) is 8.41. The molecule has 2 heterocycles. The second-order valence-corrected chi connectivity index (χ2v) is 10.7. The van der Waals surface area contributed by atoms with E-state index in [9.17, 15) is 0 Å². The van der Waals surface area contributed by atoms with Crippen molar-refractivity contribution in [2.24, 2.45) is 0 Å². The Kier molecular flexibility index (Phi) is 6.40. The number of hydrogen-bond acceptors (Lipinski definition) is 0. The van der Waals surface area contributed by atoms with Crippen molar-refractivity contribution in [1.82, 2.24) is 9.13 Å². The van der Waals surface area contributed by atoms with Gasteiger partial charge in [0.2, 0.25) is 0 Å². The number of benzene rings is 6. The van der Waals surface area contributed by atoms with Crippen LogP contribution in [-0.2, 0) is 0 Å². The van der Waals surface area contributed by atoms with Gasteiger partial charge in [0, 0.05) is 32.9 Å². The van der Waals surface area contributed by atoms with Crippen molar-refractivity contribution in [1.29, 1.82) is 0 Å². The van der Waals surface area contributed by atoms with Gasteiger partial charge in [0.15, 0.2) is 0 Å². The summed E-state index contributed by atoms with van der Waals surface area (Å²) in [5.41, 5.74) is 12.4. The summed E-state index contributed by atoms with van der Waals surface area (Å²) in [5, 5.41) is 5.08. The first kappa shape index (κ1) is 25.9. The summed E-state index contributed by atoms with van der Waals surface area (Å²) in [7, 11) is 0. The maximum absolute atomic E-state index is 2.42. The predicted molar refractivity (Wildman–Crippen MR) is 181 cm³/mol. The first-order valence-corrected chi connectivity index (χ1v) is 14.9. The normalized spacial score (nSPS) is 11.3. The Balaban J connectivity index is 0.00000141. The molecule has 42 heavy (non-hydrogen) atoms. The molecule has 8 aromatic rings. The fraction of sp³-hybridized carbons (Fsp3) is 0.100. The molecule has 0 aliphatic carbocycles. The number of para-hydroxylation sites is 3. The van der Waals surface area contributed by atoms with Gasteiger partial charge >= 0.3 is 0 Å². The number of rotatable bonds is 3. The van der Waals surface area contributed by atoms with Crippen molar-refractivity contribution in [3.05, 3.63) is 145 Å². The zero-order valence-corrected chi connectivity index (χ0v) is 24.6. The van der Waals surface area contributed by atoms with Gasteiger partial charge in [0.05, 0.1) is 22.1 Å². The van der Waals surface area contributed by atoms with Crippen LogP contribution in [0, 0.1) is 13.8 Å². The highest BCUT2D eigenvalue weighted by atomic mass is 15.0. The lowest BCUT2D eigenvalue weighted by Gasteiger charge is -2.14. The van der Waals surface area contributed by atoms with Crippen LogP contribution >= 0.6 is 0 Å². The Morgan fingerprint density at radius 1 is 0.357 bits per heavy atom. The Morgan fingerprint density at radius 3 is 1.38 bits per heavy atom. The average Bonchev–Trinajstić information content (AvgIpc) is 3.55. The third kappa shape index (κ3) is 3.94. The monoisotopic (exact) mass is 542 g/mol. The molecular weight excluding hydrogens is 508 g/mol. The molecule has 0 bridgehead atoms. The summed E-state index contributed by atoms with van der Waals surface area (Å²) >= 11 is 0. The molecule has 0 amide bonds. The van der Waals surface area contributed by atoms with Gasteiger partial charge in [-0.1, -0.05) is 98.8 Å². The fourth-order valence-electron chi connectivity index (χ4n) is 6.49. The lowest BCUT2D eigenvalue weighted by Crippen LogP contribution is -1.97. The van der Waals surface area contributed by atoms with E-state index >= 15 is 0 Å². The van der Waals surface area contributed by atoms with Crippen LogP contribution in [-0.4, -0.2) is 9.13 Å². The highest BCUT2D eigenvalue weighted by Gasteiger charge is 2.17. The molecule has 0 N–H and O–H groups in total. The van der Waals surface area contributed by atoms with Crippen LogP contribution in [0.4, 0.5) is 0 Å². The van der Waals surface area contributed by atoms with E-state index in [1.165, 1.54) is 77.2 Å². The van der Waals surface area contributed by atoms with E-state index in [1.807, 2.05) is 13.8 Å². The molecule has 6 aromatic carbocycles. The SMILES string of the molecule is CC.Cc1ccccc1-c1cc(-n2c3ccccc3c3cc(-n4c5ccccc5c5ccccc54)ccc32)ccc1C. The highest BCUT2D eigenvalue weighted by molar-refractivity contribution is 6.12. The van der Waals surface area contributed by atoms with Crippen LogP contribution in [0.25, 0.3) is 66.1 Å². The minimum absolute atomic E-state index is 1.18. The number of aromatic nitrogens is 2. The maximum Gasteiger partial charge on any atom is 0.0542 e. The Labute approximate surface area is 247 Å². The number of fused-ring (bicyclic) bond motifs is 6. The number of hydrogen-bond donors (Lipinski definition) is 0. The van der Waals surface area contributed by atoms with Gasteiger partial charge in [-0.3, -0.25) is 0 Å². The van der Waals surface area contributed by atoms with Crippen LogP contribution in [0.5, 0.6) is 0 Å². The van der Waals surface area contributed by atoms with Crippen LogP contribution in [0.3, 0.4) is 0 Å². The van der Waals surface area contributed by atoms with Crippen molar-refractivity contribution in [2.75, 3.05) is 0 Å². The Bertz CT molecular complexity index is 2190. The molecule has 204 valence electrons. The summed E-state index contributed by atoms with van der Waals surface area (Å²) in [6.45, 7) is 8.40. The molecule has 0 atom stereocenters. The molecule has 0 saturated heterocycles. The zero-order valence-electron chi connectivity index (χ0n) is 24.6. The first-order chi connectivity index (χ1) is 20.7. The molecule has 0 aliphatic heterocycles. The molecule has 2 nitrogen and oxygen atoms in total. The highest BCUT2D eigenvalue weighted by Crippen LogP contribution is 2.38. The second kappa shape index (κ2) is 10.4. The van der Waals surface area contributed by atoms with Crippen molar-refractivity contribution >= 4 is 43.6 Å². The van der Waals surface area contributed by atoms with E-state index in [1.54, 1.807) is 0 Å². The molecule has 2 aromatic heterocycles. The van der Waals surface area contributed by atoms with Gasteiger partial charge in [-0.25, -0.2) is 0 Å². The first-order valence-electron chi connectivity index (χ1n) is 14.9. The minimum atomic E-state index is 1.18. The van der Waals surface area contributed by atoms with Gasteiger partial charge < -0.3 is 9.13 Å². The van der Waals surface area contributed by atoms with Gasteiger partial charge in [-0.05, 0) is 84.6 Å². The van der Waals surface area contributed by atoms with Gasteiger partial charge in [0.1, 0.15) is 0 Å². The minimum Gasteiger partial charge on any atom is -0.309 e. The van der Waals surface area contributed by atoms with Crippen LogP contribution in [0.2, 0.25) is 0 Å². The summed E-state index contributed by atoms with van der Waals surface area (Å²) in [6, 6.07) is 48.6. The third-order valence-electron chi connectivity index (χ3n) is 8.41. The topological polar surface area (TPSA) is 9.86 Å². The maximum atomic E-state index is 2.42. The summed E-state index contributed by atoms with van der Waals surface area (Å²) in [4.78, 5) is 0. The van der Waals surface area contributed by atoms with E-state index in [2.05, 4.69) is 156 Å². The number of aryl methyl sites for hydroxylation is 2. The predicted octanol–water partition coefficient (Wildman–Crippen LogP) is 11.2. The molecule has 0 unspecified atom stereocenters.